The van der Waals surface area contributed by atoms with Crippen LogP contribution in [0.2, 0.25) is 0 Å². The van der Waals surface area contributed by atoms with Crippen molar-refractivity contribution in [2.24, 2.45) is 5.92 Å². The van der Waals surface area contributed by atoms with Crippen LogP contribution in [0, 0.1) is 11.7 Å². The molecule has 0 unspecified atom stereocenters. The Kier molecular flexibility index (Phi) is 5.71. The first kappa shape index (κ1) is 21.7. The number of nitrogens with one attached hydrogen (secondary N) is 1. The third-order valence-corrected chi connectivity index (χ3v) is 6.10. The number of fused-ring (bicyclic) bond motifs is 1. The van der Waals surface area contributed by atoms with Gasteiger partial charge in [0.15, 0.2) is 0 Å². The number of anilines is 1. The van der Waals surface area contributed by atoms with Crippen LogP contribution in [0.3, 0.4) is 0 Å². The van der Waals surface area contributed by atoms with Crippen molar-refractivity contribution in [3.8, 4) is 0 Å². The molecule has 3 atom stereocenters. The molecule has 1 aliphatic rings. The number of benzene rings is 1. The predicted octanol–water partition coefficient (Wildman–Crippen LogP) is 5.63. The molecule has 2 heterocycles. The molecule has 0 saturated heterocycles. The molecular weight excluding hydrogens is 487 g/mol. The van der Waals surface area contributed by atoms with E-state index in [0.29, 0.717) is 5.39 Å². The van der Waals surface area contributed by atoms with Crippen molar-refractivity contribution >= 4 is 32.7 Å². The van der Waals surface area contributed by atoms with Crippen molar-refractivity contribution in [2.45, 2.75) is 38.3 Å². The molecule has 11 heteroatoms. The Morgan fingerprint density at radius 1 is 1.19 bits per heavy atom. The van der Waals surface area contributed by atoms with Crippen LogP contribution in [0.5, 0.6) is 0 Å². The molecule has 3 aromatic rings. The molecule has 4 rings (SSSR count). The molecule has 0 radical (unpaired) electrons. The summed E-state index contributed by atoms with van der Waals surface area (Å²) >= 11 is 3.18. The van der Waals surface area contributed by atoms with Gasteiger partial charge in [0.05, 0.1) is 22.5 Å². The van der Waals surface area contributed by atoms with E-state index in [4.69, 9.17) is 0 Å². The third kappa shape index (κ3) is 3.90. The van der Waals surface area contributed by atoms with Crippen LogP contribution < -0.4 is 10.9 Å². The molecule has 5 nitrogen and oxygen atoms in total. The Labute approximate surface area is 181 Å². The molecule has 1 N–H and O–H groups in total. The lowest BCUT2D eigenvalue weighted by Gasteiger charge is -2.19. The highest BCUT2D eigenvalue weighted by Crippen LogP contribution is 2.47. The Morgan fingerprint density at radius 2 is 1.90 bits per heavy atom. The highest BCUT2D eigenvalue weighted by molar-refractivity contribution is 9.10. The Hall–Kier alpha value is -2.56. The van der Waals surface area contributed by atoms with Crippen molar-refractivity contribution < 1.29 is 22.0 Å². The van der Waals surface area contributed by atoms with Gasteiger partial charge in [-0.05, 0) is 29.3 Å². The van der Waals surface area contributed by atoms with E-state index >= 15 is 0 Å². The van der Waals surface area contributed by atoms with Gasteiger partial charge in [0.25, 0.3) is 12.0 Å². The summed E-state index contributed by atoms with van der Waals surface area (Å²) in [7, 11) is 0. The Balaban J connectivity index is 1.74. The van der Waals surface area contributed by atoms with Gasteiger partial charge in [-0.15, -0.1) is 0 Å². The number of rotatable bonds is 6. The first-order valence-electron chi connectivity index (χ1n) is 9.37. The zero-order valence-corrected chi connectivity index (χ0v) is 17.6. The van der Waals surface area contributed by atoms with E-state index in [1.54, 1.807) is 6.92 Å². The highest BCUT2D eigenvalue weighted by Gasteiger charge is 2.46. The molecule has 0 amide bonds. The van der Waals surface area contributed by atoms with Crippen LogP contribution in [0.15, 0.2) is 40.0 Å². The number of alkyl halides is 4. The molecule has 31 heavy (non-hydrogen) atoms. The van der Waals surface area contributed by atoms with Crippen molar-refractivity contribution in [1.29, 1.82) is 0 Å². The van der Waals surface area contributed by atoms with Crippen molar-refractivity contribution in [3.63, 3.8) is 0 Å². The summed E-state index contributed by atoms with van der Waals surface area (Å²) < 4.78 is 67.9. The van der Waals surface area contributed by atoms with E-state index in [1.807, 2.05) is 0 Å². The van der Waals surface area contributed by atoms with Gasteiger partial charge in [0.2, 0.25) is 6.43 Å². The highest BCUT2D eigenvalue weighted by atomic mass is 79.9. The van der Waals surface area contributed by atoms with Gasteiger partial charge in [-0.1, -0.05) is 18.2 Å². The molecular formula is C20H16BrF5N4O. The van der Waals surface area contributed by atoms with Crippen molar-refractivity contribution in [2.75, 3.05) is 5.32 Å². The molecule has 0 aliphatic heterocycles. The van der Waals surface area contributed by atoms with Crippen molar-refractivity contribution in [3.05, 3.63) is 62.5 Å². The maximum absolute atomic E-state index is 14.5. The predicted molar refractivity (Wildman–Crippen MR) is 108 cm³/mol. The number of halogens is 6. The quantitative estimate of drug-likeness (QED) is 0.443. The standard InChI is InChI=1S/C20H16BrF5N4O/c1-8(9-3-2-4-10(15(9)22)17(23)24)29-19-12-6-30(13-5-11(13)18(25)26)20(31)14(21)16(12)27-7-28-19/h2-4,6-8,11,13,17-18H,5H2,1H3,(H,27,28,29)/t8-,11-,13-/m1/s1. The van der Waals surface area contributed by atoms with Crippen LogP contribution in [0.25, 0.3) is 10.9 Å². The number of aromatic nitrogens is 3. The minimum atomic E-state index is -2.96. The van der Waals surface area contributed by atoms with Crippen molar-refractivity contribution in [1.82, 2.24) is 14.5 Å². The first-order chi connectivity index (χ1) is 14.7. The fourth-order valence-electron chi connectivity index (χ4n) is 3.61. The summed E-state index contributed by atoms with van der Waals surface area (Å²) in [5.74, 6) is -1.72. The topological polar surface area (TPSA) is 59.8 Å². The second-order valence-corrected chi connectivity index (χ2v) is 8.15. The number of hydrogen-bond acceptors (Lipinski definition) is 4. The van der Waals surface area contributed by atoms with E-state index in [1.165, 1.54) is 29.2 Å². The molecule has 164 valence electrons. The monoisotopic (exact) mass is 502 g/mol. The SMILES string of the molecule is C[C@@H](Nc1ncnc2c(Br)c(=O)n([C@@H]3C[C@H]3C(F)F)cc12)c1cccc(C(F)F)c1F. The average molecular weight is 503 g/mol. The number of pyridine rings is 1. The van der Waals surface area contributed by atoms with Gasteiger partial charge in [-0.25, -0.2) is 31.9 Å². The van der Waals surface area contributed by atoms with Gasteiger partial charge >= 0.3 is 0 Å². The molecule has 2 aromatic heterocycles. The van der Waals surface area contributed by atoms with E-state index < -0.39 is 47.8 Å². The van der Waals surface area contributed by atoms with Gasteiger partial charge in [-0.3, -0.25) is 4.79 Å². The summed E-state index contributed by atoms with van der Waals surface area (Å²) in [6.07, 6.45) is -2.73. The second kappa shape index (κ2) is 8.18. The van der Waals surface area contributed by atoms with Crippen LogP contribution in [-0.4, -0.2) is 21.0 Å². The smallest absolute Gasteiger partial charge is 0.267 e. The van der Waals surface area contributed by atoms with Crippen LogP contribution in [0.1, 0.15) is 43.0 Å². The zero-order valence-electron chi connectivity index (χ0n) is 16.0. The minimum absolute atomic E-state index is 0.0110. The third-order valence-electron chi connectivity index (χ3n) is 5.38. The Bertz CT molecular complexity index is 1200. The van der Waals surface area contributed by atoms with E-state index in [2.05, 4.69) is 31.2 Å². The molecule has 1 saturated carbocycles. The number of nitrogens with zero attached hydrogens (tertiary/aromatic N) is 3. The van der Waals surface area contributed by atoms with Gasteiger partial charge in [0.1, 0.15) is 22.4 Å². The first-order valence-corrected chi connectivity index (χ1v) is 10.2. The van der Waals surface area contributed by atoms with E-state index in [9.17, 15) is 26.7 Å². The lowest BCUT2D eigenvalue weighted by molar-refractivity contribution is 0.116. The largest absolute Gasteiger partial charge is 0.363 e. The maximum Gasteiger partial charge on any atom is 0.267 e. The molecule has 1 aliphatic carbocycles. The molecule has 1 aromatic carbocycles. The van der Waals surface area contributed by atoms with Crippen LogP contribution in [-0.2, 0) is 0 Å². The molecule has 1 fully saturated rings. The van der Waals surface area contributed by atoms with Gasteiger partial charge < -0.3 is 9.88 Å². The Morgan fingerprint density at radius 3 is 2.55 bits per heavy atom. The average Bonchev–Trinajstić information content (AvgIpc) is 3.52. The van der Waals surface area contributed by atoms with E-state index in [0.717, 1.165) is 6.07 Å². The summed E-state index contributed by atoms with van der Waals surface area (Å²) in [4.78, 5) is 20.8. The fourth-order valence-corrected chi connectivity index (χ4v) is 4.13. The van der Waals surface area contributed by atoms with Gasteiger partial charge in [-0.2, -0.15) is 0 Å². The van der Waals surface area contributed by atoms with Crippen LogP contribution >= 0.6 is 15.9 Å². The lowest BCUT2D eigenvalue weighted by atomic mass is 10.0. The maximum atomic E-state index is 14.5. The van der Waals surface area contributed by atoms with Gasteiger partial charge in [0, 0.05) is 23.7 Å². The lowest BCUT2D eigenvalue weighted by Crippen LogP contribution is -2.22. The normalized spacial score (nSPS) is 19.3. The van der Waals surface area contributed by atoms with Crippen LogP contribution in [0.4, 0.5) is 27.8 Å². The summed E-state index contributed by atoms with van der Waals surface area (Å²) in [6, 6.07) is 2.33. The summed E-state index contributed by atoms with van der Waals surface area (Å²) in [5, 5.41) is 3.31. The fraction of sp³-hybridized carbons (Fsp3) is 0.350. The number of hydrogen-bond donors (Lipinski definition) is 1. The summed E-state index contributed by atoms with van der Waals surface area (Å²) in [6.45, 7) is 1.57. The summed E-state index contributed by atoms with van der Waals surface area (Å²) in [5.41, 5.74) is -0.935. The molecule has 0 bridgehead atoms. The molecule has 0 spiro atoms. The second-order valence-electron chi connectivity index (χ2n) is 7.36. The minimum Gasteiger partial charge on any atom is -0.363 e. The van der Waals surface area contributed by atoms with E-state index in [-0.39, 0.29) is 27.8 Å². The zero-order chi connectivity index (χ0) is 22.4.